The normalized spacial score (nSPS) is 16.8. The van der Waals surface area contributed by atoms with Crippen molar-refractivity contribution in [3.05, 3.63) is 95.1 Å². The summed E-state index contributed by atoms with van der Waals surface area (Å²) in [6.45, 7) is 7.31. The molecule has 0 radical (unpaired) electrons. The highest BCUT2D eigenvalue weighted by atomic mass is 32.2. The van der Waals surface area contributed by atoms with E-state index in [1.165, 1.54) is 11.8 Å². The second-order valence-corrected chi connectivity index (χ2v) is 12.5. The van der Waals surface area contributed by atoms with Crippen molar-refractivity contribution in [2.24, 2.45) is 0 Å². The molecule has 3 aromatic carbocycles. The molecule has 0 unspecified atom stereocenters. The molecule has 0 bridgehead atoms. The van der Waals surface area contributed by atoms with Gasteiger partial charge >= 0.3 is 0 Å². The second-order valence-electron chi connectivity index (χ2n) is 11.5. The maximum atomic E-state index is 14.1. The molecule has 2 aliphatic rings. The Morgan fingerprint density at radius 1 is 0.933 bits per heavy atom. The van der Waals surface area contributed by atoms with Crippen LogP contribution in [-0.2, 0) is 14.4 Å². The molecule has 1 saturated heterocycles. The Morgan fingerprint density at radius 3 is 2.31 bits per heavy atom. The zero-order valence-electron chi connectivity index (χ0n) is 26.0. The molecule has 9 nitrogen and oxygen atoms in total. The van der Waals surface area contributed by atoms with Crippen LogP contribution in [0.1, 0.15) is 34.4 Å². The lowest BCUT2D eigenvalue weighted by Crippen LogP contribution is -2.53. The lowest BCUT2D eigenvalue weighted by molar-refractivity contribution is -0.137. The van der Waals surface area contributed by atoms with Crippen molar-refractivity contribution in [2.45, 2.75) is 26.0 Å². The number of aryl methyl sites for hydroxylation is 2. The number of thioether (sulfide) groups is 1. The summed E-state index contributed by atoms with van der Waals surface area (Å²) in [7, 11) is 1.65. The zero-order valence-corrected chi connectivity index (χ0v) is 26.8. The van der Waals surface area contributed by atoms with Crippen molar-refractivity contribution >= 4 is 35.3 Å². The van der Waals surface area contributed by atoms with E-state index < -0.39 is 0 Å². The quantitative estimate of drug-likeness (QED) is 0.300. The Labute approximate surface area is 267 Å². The fourth-order valence-corrected chi connectivity index (χ4v) is 7.40. The number of hydrogen-bond donors (Lipinski definition) is 0. The van der Waals surface area contributed by atoms with E-state index in [4.69, 9.17) is 9.84 Å². The molecule has 2 aliphatic heterocycles. The van der Waals surface area contributed by atoms with Crippen molar-refractivity contribution < 1.29 is 19.1 Å². The molecule has 3 amide bonds. The Balaban J connectivity index is 1.55. The summed E-state index contributed by atoms with van der Waals surface area (Å²) in [4.78, 5) is 45.0. The monoisotopic (exact) mass is 623 g/mol. The molecule has 0 spiro atoms. The van der Waals surface area contributed by atoms with Crippen LogP contribution in [0.15, 0.2) is 72.8 Å². The lowest BCUT2D eigenvalue weighted by atomic mass is 9.99. The van der Waals surface area contributed by atoms with Crippen LogP contribution in [0, 0.1) is 13.8 Å². The van der Waals surface area contributed by atoms with Crippen LogP contribution >= 0.6 is 11.8 Å². The van der Waals surface area contributed by atoms with Gasteiger partial charge in [0.05, 0.1) is 29.5 Å². The zero-order chi connectivity index (χ0) is 31.7. The predicted octanol–water partition coefficient (Wildman–Crippen LogP) is 5.02. The van der Waals surface area contributed by atoms with E-state index in [1.54, 1.807) is 28.7 Å². The molecule has 6 rings (SSSR count). The lowest BCUT2D eigenvalue weighted by Gasteiger charge is -2.35. The highest BCUT2D eigenvalue weighted by molar-refractivity contribution is 8.00. The fraction of sp³-hybridized carbons (Fsp3) is 0.314. The summed E-state index contributed by atoms with van der Waals surface area (Å²) in [5.74, 6) is 1.15. The summed E-state index contributed by atoms with van der Waals surface area (Å²) < 4.78 is 7.67. The van der Waals surface area contributed by atoms with Crippen LogP contribution in [0.5, 0.6) is 5.75 Å². The molecule has 10 heteroatoms. The fourth-order valence-electron chi connectivity index (χ4n) is 6.17. The first-order valence-corrected chi connectivity index (χ1v) is 16.2. The molecule has 1 fully saturated rings. The van der Waals surface area contributed by atoms with Crippen molar-refractivity contribution in [3.63, 3.8) is 0 Å². The summed E-state index contributed by atoms with van der Waals surface area (Å²) >= 11 is 1.52. The predicted molar refractivity (Wildman–Crippen MR) is 177 cm³/mol. The average molecular weight is 624 g/mol. The standard InChI is InChI=1S/C35H37N5O4S/c1-23-14-15-28(24(2)20-23)40-35-32(33(36-40)26-10-6-5-7-11-26)34(27-12-8-9-13-29(27)44-4)45-22-31(43)39(35)21-30(42)38-18-16-37(17-19-38)25(3)41/h5-15,20,34H,16-19,21-22H2,1-4H3/t34-/m1/s1. The van der Waals surface area contributed by atoms with Crippen molar-refractivity contribution in [2.75, 3.05) is 50.5 Å². The Kier molecular flexibility index (Phi) is 8.67. The van der Waals surface area contributed by atoms with Gasteiger partial charge in [-0.1, -0.05) is 66.2 Å². The van der Waals surface area contributed by atoms with Gasteiger partial charge in [0, 0.05) is 49.8 Å². The minimum atomic E-state index is -0.297. The SMILES string of the molecule is COc1ccccc1[C@H]1SCC(=O)N(CC(=O)N2CCN(C(C)=O)CC2)c2c1c(-c1ccccc1)nn2-c1ccc(C)cc1C. The number of amides is 3. The van der Waals surface area contributed by atoms with Crippen molar-refractivity contribution in [1.82, 2.24) is 19.6 Å². The van der Waals surface area contributed by atoms with E-state index in [1.807, 2.05) is 85.3 Å². The van der Waals surface area contributed by atoms with Gasteiger partial charge in [-0.15, -0.1) is 11.8 Å². The highest BCUT2D eigenvalue weighted by Gasteiger charge is 2.39. The Bertz CT molecular complexity index is 1750. The number of fused-ring (bicyclic) bond motifs is 1. The van der Waals surface area contributed by atoms with Gasteiger partial charge in [-0.3, -0.25) is 19.3 Å². The van der Waals surface area contributed by atoms with Gasteiger partial charge in [0.25, 0.3) is 0 Å². The summed E-state index contributed by atoms with van der Waals surface area (Å²) in [6, 6.07) is 24.0. The van der Waals surface area contributed by atoms with Crippen LogP contribution in [0.4, 0.5) is 5.82 Å². The van der Waals surface area contributed by atoms with E-state index in [0.717, 1.165) is 44.9 Å². The van der Waals surface area contributed by atoms with E-state index in [0.29, 0.717) is 32.0 Å². The number of rotatable bonds is 6. The number of carbonyl (C=O) groups excluding carboxylic acids is 3. The third kappa shape index (κ3) is 5.94. The first-order chi connectivity index (χ1) is 21.8. The molecular weight excluding hydrogens is 586 g/mol. The minimum absolute atomic E-state index is 0.000320. The first kappa shape index (κ1) is 30.5. The molecule has 1 atom stereocenters. The molecule has 0 aliphatic carbocycles. The third-order valence-electron chi connectivity index (χ3n) is 8.51. The van der Waals surface area contributed by atoms with Crippen LogP contribution in [-0.4, -0.2) is 82.9 Å². The number of ether oxygens (including phenoxy) is 1. The maximum Gasteiger partial charge on any atom is 0.242 e. The number of aromatic nitrogens is 2. The largest absolute Gasteiger partial charge is 0.496 e. The maximum absolute atomic E-state index is 14.1. The number of methoxy groups -OCH3 is 1. The second kappa shape index (κ2) is 12.8. The Morgan fingerprint density at radius 2 is 1.62 bits per heavy atom. The molecule has 232 valence electrons. The van der Waals surface area contributed by atoms with Gasteiger partial charge in [-0.2, -0.15) is 5.10 Å². The minimum Gasteiger partial charge on any atom is -0.496 e. The van der Waals surface area contributed by atoms with Gasteiger partial charge in [0.1, 0.15) is 18.1 Å². The number of piperazine rings is 1. The van der Waals surface area contributed by atoms with Crippen LogP contribution in [0.3, 0.4) is 0 Å². The van der Waals surface area contributed by atoms with E-state index in [2.05, 4.69) is 6.07 Å². The van der Waals surface area contributed by atoms with E-state index in [9.17, 15) is 14.4 Å². The number of para-hydroxylation sites is 1. The van der Waals surface area contributed by atoms with Gasteiger partial charge in [-0.05, 0) is 31.5 Å². The molecular formula is C35H37N5O4S. The van der Waals surface area contributed by atoms with Crippen LogP contribution in [0.25, 0.3) is 16.9 Å². The molecule has 0 saturated carbocycles. The number of nitrogens with zero attached hydrogens (tertiary/aromatic N) is 5. The summed E-state index contributed by atoms with van der Waals surface area (Å²) in [5.41, 5.74) is 6.42. The van der Waals surface area contributed by atoms with E-state index in [-0.39, 0.29) is 35.3 Å². The van der Waals surface area contributed by atoms with Crippen molar-refractivity contribution in [3.8, 4) is 22.7 Å². The highest BCUT2D eigenvalue weighted by Crippen LogP contribution is 2.50. The molecule has 1 aromatic heterocycles. The Hall–Kier alpha value is -4.57. The summed E-state index contributed by atoms with van der Waals surface area (Å²) in [6.07, 6.45) is 0. The molecule has 45 heavy (non-hydrogen) atoms. The topological polar surface area (TPSA) is 88.0 Å². The summed E-state index contributed by atoms with van der Waals surface area (Å²) in [5, 5.41) is 4.93. The number of hydrogen-bond acceptors (Lipinski definition) is 6. The third-order valence-corrected chi connectivity index (χ3v) is 9.75. The van der Waals surface area contributed by atoms with Crippen LogP contribution in [0.2, 0.25) is 0 Å². The van der Waals surface area contributed by atoms with Crippen molar-refractivity contribution in [1.29, 1.82) is 0 Å². The molecule has 4 aromatic rings. The van der Waals surface area contributed by atoms with Gasteiger partial charge in [-0.25, -0.2) is 4.68 Å². The number of anilines is 1. The van der Waals surface area contributed by atoms with Gasteiger partial charge in [0.2, 0.25) is 17.7 Å². The molecule has 0 N–H and O–H groups in total. The number of benzene rings is 3. The van der Waals surface area contributed by atoms with Gasteiger partial charge < -0.3 is 14.5 Å². The first-order valence-electron chi connectivity index (χ1n) is 15.1. The molecule has 3 heterocycles. The van der Waals surface area contributed by atoms with Crippen LogP contribution < -0.4 is 9.64 Å². The average Bonchev–Trinajstić information content (AvgIpc) is 3.37. The van der Waals surface area contributed by atoms with E-state index >= 15 is 0 Å². The van der Waals surface area contributed by atoms with Gasteiger partial charge in [0.15, 0.2) is 0 Å². The number of carbonyl (C=O) groups is 3. The smallest absolute Gasteiger partial charge is 0.242 e.